The van der Waals surface area contributed by atoms with Gasteiger partial charge in [-0.25, -0.2) is 4.99 Å². The molecular formula is C19H28N4O. The SMILES string of the molecule is CCNC(=NCc1ccc(C(=O)NC)cc1)N1CCC2(CCC2)C1. The average molecular weight is 328 g/mol. The molecule has 5 nitrogen and oxygen atoms in total. The van der Waals surface area contributed by atoms with E-state index in [9.17, 15) is 4.79 Å². The van der Waals surface area contributed by atoms with E-state index >= 15 is 0 Å². The molecule has 1 aliphatic carbocycles. The van der Waals surface area contributed by atoms with Crippen molar-refractivity contribution >= 4 is 11.9 Å². The molecule has 1 saturated heterocycles. The zero-order chi connectivity index (χ0) is 17.0. The number of hydrogen-bond acceptors (Lipinski definition) is 2. The standard InChI is InChI=1S/C19H28N4O/c1-3-21-18(23-12-11-19(14-23)9-4-10-19)22-13-15-5-7-16(8-6-15)17(24)20-2/h5-8H,3-4,9-14H2,1-2H3,(H,20,24)(H,21,22). The molecule has 0 aromatic heterocycles. The molecule has 0 bridgehead atoms. The van der Waals surface area contributed by atoms with Crippen molar-refractivity contribution in [2.75, 3.05) is 26.7 Å². The Morgan fingerprint density at radius 1 is 1.25 bits per heavy atom. The fourth-order valence-corrected chi connectivity index (χ4v) is 3.70. The Morgan fingerprint density at radius 3 is 2.54 bits per heavy atom. The number of amides is 1. The summed E-state index contributed by atoms with van der Waals surface area (Å²) in [6, 6.07) is 7.68. The lowest BCUT2D eigenvalue weighted by atomic mass is 9.68. The first-order valence-electron chi connectivity index (χ1n) is 9.00. The van der Waals surface area contributed by atoms with Gasteiger partial charge in [-0.05, 0) is 49.3 Å². The molecule has 1 amide bonds. The highest BCUT2D eigenvalue weighted by atomic mass is 16.1. The first-order valence-corrected chi connectivity index (χ1v) is 9.00. The number of likely N-dealkylation sites (tertiary alicyclic amines) is 1. The van der Waals surface area contributed by atoms with Gasteiger partial charge in [-0.1, -0.05) is 18.6 Å². The zero-order valence-corrected chi connectivity index (χ0v) is 14.8. The molecule has 5 heteroatoms. The molecular weight excluding hydrogens is 300 g/mol. The lowest BCUT2D eigenvalue weighted by Gasteiger charge is -2.38. The van der Waals surface area contributed by atoms with Crippen molar-refractivity contribution < 1.29 is 4.79 Å². The quantitative estimate of drug-likeness (QED) is 0.659. The monoisotopic (exact) mass is 328 g/mol. The smallest absolute Gasteiger partial charge is 0.251 e. The van der Waals surface area contributed by atoms with Gasteiger partial charge in [0.15, 0.2) is 5.96 Å². The van der Waals surface area contributed by atoms with Crippen molar-refractivity contribution in [1.82, 2.24) is 15.5 Å². The molecule has 2 fully saturated rings. The van der Waals surface area contributed by atoms with Crippen LogP contribution in [0.1, 0.15) is 48.5 Å². The van der Waals surface area contributed by atoms with E-state index in [0.717, 1.165) is 31.2 Å². The Hall–Kier alpha value is -2.04. The van der Waals surface area contributed by atoms with Crippen molar-refractivity contribution in [2.24, 2.45) is 10.4 Å². The molecule has 3 rings (SSSR count). The van der Waals surface area contributed by atoms with E-state index in [1.165, 1.54) is 25.7 Å². The van der Waals surface area contributed by atoms with Crippen LogP contribution < -0.4 is 10.6 Å². The van der Waals surface area contributed by atoms with Crippen LogP contribution in [0.2, 0.25) is 0 Å². The number of nitrogens with zero attached hydrogens (tertiary/aromatic N) is 2. The Bertz CT molecular complexity index is 604. The largest absolute Gasteiger partial charge is 0.357 e. The van der Waals surface area contributed by atoms with Crippen LogP contribution in [0, 0.1) is 5.41 Å². The van der Waals surface area contributed by atoms with E-state index < -0.39 is 0 Å². The predicted octanol–water partition coefficient (Wildman–Crippen LogP) is 2.39. The van der Waals surface area contributed by atoms with Crippen molar-refractivity contribution in [3.05, 3.63) is 35.4 Å². The van der Waals surface area contributed by atoms with Crippen LogP contribution in [0.4, 0.5) is 0 Å². The third-order valence-corrected chi connectivity index (χ3v) is 5.34. The van der Waals surface area contributed by atoms with Crippen molar-refractivity contribution in [3.8, 4) is 0 Å². The third-order valence-electron chi connectivity index (χ3n) is 5.34. The summed E-state index contributed by atoms with van der Waals surface area (Å²) < 4.78 is 0. The minimum absolute atomic E-state index is 0.0544. The Kier molecular flexibility index (Phi) is 5.07. The number of carbonyl (C=O) groups is 1. The summed E-state index contributed by atoms with van der Waals surface area (Å²) in [6.45, 7) is 5.90. The predicted molar refractivity (Wildman–Crippen MR) is 97.1 cm³/mol. The highest BCUT2D eigenvalue weighted by Crippen LogP contribution is 2.47. The molecule has 1 heterocycles. The van der Waals surface area contributed by atoms with Gasteiger partial charge < -0.3 is 15.5 Å². The number of carbonyl (C=O) groups excluding carboxylic acids is 1. The molecule has 2 aliphatic rings. The van der Waals surface area contributed by atoms with Crippen molar-refractivity contribution in [1.29, 1.82) is 0 Å². The summed E-state index contributed by atoms with van der Waals surface area (Å²) in [5.41, 5.74) is 2.38. The number of guanidine groups is 1. The topological polar surface area (TPSA) is 56.7 Å². The second kappa shape index (κ2) is 7.24. The molecule has 0 unspecified atom stereocenters. The van der Waals surface area contributed by atoms with E-state index in [-0.39, 0.29) is 5.91 Å². The highest BCUT2D eigenvalue weighted by molar-refractivity contribution is 5.93. The van der Waals surface area contributed by atoms with Gasteiger partial charge in [-0.2, -0.15) is 0 Å². The fraction of sp³-hybridized carbons (Fsp3) is 0.579. The lowest BCUT2D eigenvalue weighted by molar-refractivity contribution is 0.0963. The molecule has 0 radical (unpaired) electrons. The second-order valence-corrected chi connectivity index (χ2v) is 6.97. The highest BCUT2D eigenvalue weighted by Gasteiger charge is 2.43. The Morgan fingerprint density at radius 2 is 2.00 bits per heavy atom. The fourth-order valence-electron chi connectivity index (χ4n) is 3.70. The van der Waals surface area contributed by atoms with Crippen LogP contribution in [0.15, 0.2) is 29.3 Å². The minimum atomic E-state index is -0.0544. The number of hydrogen-bond donors (Lipinski definition) is 2. The molecule has 1 saturated carbocycles. The minimum Gasteiger partial charge on any atom is -0.357 e. The van der Waals surface area contributed by atoms with E-state index in [0.29, 0.717) is 17.5 Å². The summed E-state index contributed by atoms with van der Waals surface area (Å²) in [7, 11) is 1.65. The molecule has 130 valence electrons. The molecule has 1 spiro atoms. The van der Waals surface area contributed by atoms with Gasteiger partial charge >= 0.3 is 0 Å². The van der Waals surface area contributed by atoms with Crippen LogP contribution in [0.3, 0.4) is 0 Å². The Balaban J connectivity index is 1.64. The maximum absolute atomic E-state index is 11.6. The molecule has 2 N–H and O–H groups in total. The van der Waals surface area contributed by atoms with Gasteiger partial charge in [0.05, 0.1) is 6.54 Å². The third kappa shape index (κ3) is 3.55. The maximum Gasteiger partial charge on any atom is 0.251 e. The van der Waals surface area contributed by atoms with E-state index in [4.69, 9.17) is 4.99 Å². The van der Waals surface area contributed by atoms with E-state index in [1.807, 2.05) is 24.3 Å². The lowest BCUT2D eigenvalue weighted by Crippen LogP contribution is -2.42. The maximum atomic E-state index is 11.6. The van der Waals surface area contributed by atoms with Gasteiger partial charge in [-0.15, -0.1) is 0 Å². The summed E-state index contributed by atoms with van der Waals surface area (Å²) in [5.74, 6) is 0.970. The number of rotatable bonds is 4. The summed E-state index contributed by atoms with van der Waals surface area (Å²) in [6.07, 6.45) is 5.45. The first kappa shape index (κ1) is 16.8. The van der Waals surface area contributed by atoms with Gasteiger partial charge in [-0.3, -0.25) is 4.79 Å². The van der Waals surface area contributed by atoms with Crippen LogP contribution in [0.5, 0.6) is 0 Å². The number of nitrogens with one attached hydrogen (secondary N) is 2. The normalized spacial score (nSPS) is 19.2. The molecule has 1 aliphatic heterocycles. The summed E-state index contributed by atoms with van der Waals surface area (Å²) in [4.78, 5) is 18.8. The molecule has 0 atom stereocenters. The van der Waals surface area contributed by atoms with Crippen LogP contribution in [-0.2, 0) is 6.54 Å². The molecule has 1 aromatic rings. The number of benzene rings is 1. The van der Waals surface area contributed by atoms with Crippen molar-refractivity contribution in [2.45, 2.75) is 39.2 Å². The number of aliphatic imine (C=N–C) groups is 1. The van der Waals surface area contributed by atoms with Gasteiger partial charge in [0.25, 0.3) is 5.91 Å². The summed E-state index contributed by atoms with van der Waals surface area (Å²) in [5, 5.41) is 6.07. The van der Waals surface area contributed by atoms with Gasteiger partial charge in [0.1, 0.15) is 0 Å². The average Bonchev–Trinajstić information content (AvgIpc) is 3.04. The van der Waals surface area contributed by atoms with Gasteiger partial charge in [0.2, 0.25) is 0 Å². The van der Waals surface area contributed by atoms with Gasteiger partial charge in [0, 0.05) is 32.2 Å². The van der Waals surface area contributed by atoms with E-state index in [2.05, 4.69) is 22.5 Å². The van der Waals surface area contributed by atoms with Crippen LogP contribution >= 0.6 is 0 Å². The molecule has 24 heavy (non-hydrogen) atoms. The zero-order valence-electron chi connectivity index (χ0n) is 14.8. The summed E-state index contributed by atoms with van der Waals surface area (Å²) >= 11 is 0. The van der Waals surface area contributed by atoms with E-state index in [1.54, 1.807) is 7.05 Å². The first-order chi connectivity index (χ1) is 11.7. The Labute approximate surface area is 144 Å². The van der Waals surface area contributed by atoms with Crippen molar-refractivity contribution in [3.63, 3.8) is 0 Å². The van der Waals surface area contributed by atoms with Crippen LogP contribution in [0.25, 0.3) is 0 Å². The second-order valence-electron chi connectivity index (χ2n) is 6.97. The molecule has 1 aromatic carbocycles. The van der Waals surface area contributed by atoms with Crippen LogP contribution in [-0.4, -0.2) is 43.4 Å².